The number of anilines is 3. The van der Waals surface area contributed by atoms with Crippen LogP contribution in [-0.2, 0) is 0 Å². The van der Waals surface area contributed by atoms with Crippen molar-refractivity contribution in [3.05, 3.63) is 78.4 Å². The molecule has 28 heavy (non-hydrogen) atoms. The van der Waals surface area contributed by atoms with Crippen molar-refractivity contribution in [2.45, 2.75) is 12.6 Å². The van der Waals surface area contributed by atoms with Gasteiger partial charge in [-0.25, -0.2) is 4.39 Å². The normalized spacial score (nSPS) is 16.2. The number of hydrogen-bond acceptors (Lipinski definition) is 3. The van der Waals surface area contributed by atoms with E-state index in [1.54, 1.807) is 18.2 Å². The molecule has 0 bridgehead atoms. The number of nitrogens with one attached hydrogen (secondary N) is 1. The number of amides is 1. The Hall–Kier alpha value is -3.34. The fraction of sp³-hybridized carbons (Fsp3) is 0.174. The molecule has 1 saturated heterocycles. The first kappa shape index (κ1) is 18.0. The smallest absolute Gasteiger partial charge is 0.255 e. The number of carbonyl (C=O) groups excluding carboxylic acids is 1. The number of nitrogen functional groups attached to an aromatic ring is 1. The second-order valence-corrected chi connectivity index (χ2v) is 7.00. The van der Waals surface area contributed by atoms with Crippen LogP contribution in [0.2, 0.25) is 0 Å². The van der Waals surface area contributed by atoms with Gasteiger partial charge < -0.3 is 16.0 Å². The Morgan fingerprint density at radius 3 is 2.43 bits per heavy atom. The molecule has 1 fully saturated rings. The van der Waals surface area contributed by atoms with Gasteiger partial charge in [0.25, 0.3) is 5.91 Å². The predicted octanol–water partition coefficient (Wildman–Crippen LogP) is 4.74. The van der Waals surface area contributed by atoms with Gasteiger partial charge in [0.2, 0.25) is 0 Å². The predicted molar refractivity (Wildman–Crippen MR) is 112 cm³/mol. The molecule has 0 saturated carbocycles. The molecule has 1 aliphatic heterocycles. The summed E-state index contributed by atoms with van der Waals surface area (Å²) in [4.78, 5) is 14.7. The third-order valence-electron chi connectivity index (χ3n) is 5.03. The van der Waals surface area contributed by atoms with Crippen LogP contribution < -0.4 is 16.0 Å². The van der Waals surface area contributed by atoms with Crippen LogP contribution in [0.5, 0.6) is 0 Å². The summed E-state index contributed by atoms with van der Waals surface area (Å²) in [5, 5.41) is 2.90. The van der Waals surface area contributed by atoms with Crippen LogP contribution in [-0.4, -0.2) is 25.2 Å². The van der Waals surface area contributed by atoms with Gasteiger partial charge in [-0.2, -0.15) is 0 Å². The minimum atomic E-state index is -0.775. The lowest BCUT2D eigenvalue weighted by atomic mass is 10.0. The zero-order valence-electron chi connectivity index (χ0n) is 15.4. The fourth-order valence-electron chi connectivity index (χ4n) is 3.44. The molecule has 4 rings (SSSR count). The lowest BCUT2D eigenvalue weighted by molar-refractivity contribution is 0.102. The quantitative estimate of drug-likeness (QED) is 0.648. The van der Waals surface area contributed by atoms with E-state index in [9.17, 15) is 9.18 Å². The van der Waals surface area contributed by atoms with Gasteiger partial charge in [-0.15, -0.1) is 0 Å². The summed E-state index contributed by atoms with van der Waals surface area (Å²) in [7, 11) is 0. The molecule has 1 unspecified atom stereocenters. The van der Waals surface area contributed by atoms with E-state index in [2.05, 4.69) is 5.32 Å². The van der Waals surface area contributed by atoms with Crippen LogP contribution in [0.3, 0.4) is 0 Å². The van der Waals surface area contributed by atoms with Crippen LogP contribution in [0.4, 0.5) is 21.5 Å². The Morgan fingerprint density at radius 1 is 1.00 bits per heavy atom. The van der Waals surface area contributed by atoms with Gasteiger partial charge >= 0.3 is 0 Å². The van der Waals surface area contributed by atoms with Gasteiger partial charge in [0.05, 0.1) is 11.4 Å². The van der Waals surface area contributed by atoms with E-state index >= 15 is 0 Å². The summed E-state index contributed by atoms with van der Waals surface area (Å²) >= 11 is 0. The molecule has 5 heteroatoms. The molecule has 1 aliphatic rings. The Labute approximate surface area is 163 Å². The number of rotatable bonds is 4. The van der Waals surface area contributed by atoms with Crippen LogP contribution in [0.25, 0.3) is 11.1 Å². The first-order chi connectivity index (χ1) is 13.6. The third kappa shape index (κ3) is 3.83. The number of nitrogens with two attached hydrogens (primary N) is 1. The van der Waals surface area contributed by atoms with Crippen molar-refractivity contribution in [3.8, 4) is 11.1 Å². The monoisotopic (exact) mass is 375 g/mol. The SMILES string of the molecule is Nc1ccc(-c2ccccc2)cc1NC(=O)c1ccc(N2CCC(F)C2)cc1. The molecule has 4 nitrogen and oxygen atoms in total. The summed E-state index contributed by atoms with van der Waals surface area (Å²) in [5.41, 5.74) is 10.6. The van der Waals surface area contributed by atoms with Gasteiger partial charge in [-0.3, -0.25) is 4.79 Å². The van der Waals surface area contributed by atoms with E-state index in [0.717, 1.165) is 16.8 Å². The Morgan fingerprint density at radius 2 is 1.75 bits per heavy atom. The molecule has 1 heterocycles. The molecule has 142 valence electrons. The standard InChI is InChI=1S/C23H22FN3O/c24-19-12-13-27(15-19)20-9-6-17(7-10-20)23(28)26-22-14-18(8-11-21(22)25)16-4-2-1-3-5-16/h1-11,14,19H,12-13,15,25H2,(H,26,28). The first-order valence-corrected chi connectivity index (χ1v) is 9.35. The van der Waals surface area contributed by atoms with E-state index < -0.39 is 6.17 Å². The molecule has 0 aromatic heterocycles. The molecule has 3 N–H and O–H groups in total. The number of benzene rings is 3. The summed E-state index contributed by atoms with van der Waals surface area (Å²) in [6.45, 7) is 1.11. The molecule has 0 radical (unpaired) electrons. The lowest BCUT2D eigenvalue weighted by Gasteiger charge is -2.17. The third-order valence-corrected chi connectivity index (χ3v) is 5.03. The summed E-state index contributed by atoms with van der Waals surface area (Å²) < 4.78 is 13.4. The summed E-state index contributed by atoms with van der Waals surface area (Å²) in [6, 6.07) is 22.8. The van der Waals surface area contributed by atoms with Crippen LogP contribution >= 0.6 is 0 Å². The van der Waals surface area contributed by atoms with Gasteiger partial charge in [-0.1, -0.05) is 36.4 Å². The topological polar surface area (TPSA) is 58.4 Å². The fourth-order valence-corrected chi connectivity index (χ4v) is 3.44. The largest absolute Gasteiger partial charge is 0.397 e. The van der Waals surface area contributed by atoms with E-state index in [0.29, 0.717) is 36.4 Å². The van der Waals surface area contributed by atoms with Crippen molar-refractivity contribution < 1.29 is 9.18 Å². The molecule has 1 atom stereocenters. The molecule has 0 spiro atoms. The molecule has 1 amide bonds. The maximum absolute atomic E-state index is 13.4. The van der Waals surface area contributed by atoms with Crippen molar-refractivity contribution in [1.29, 1.82) is 0 Å². The van der Waals surface area contributed by atoms with Crippen molar-refractivity contribution >= 4 is 23.0 Å². The number of halogens is 1. The molecule has 3 aromatic rings. The van der Waals surface area contributed by atoms with E-state index in [1.807, 2.05) is 59.5 Å². The number of alkyl halides is 1. The average Bonchev–Trinajstić information content (AvgIpc) is 3.17. The van der Waals surface area contributed by atoms with E-state index in [1.165, 1.54) is 0 Å². The highest BCUT2D eigenvalue weighted by molar-refractivity contribution is 6.06. The Kier molecular flexibility index (Phi) is 4.98. The van der Waals surface area contributed by atoms with Crippen LogP contribution in [0, 0.1) is 0 Å². The Balaban J connectivity index is 1.50. The zero-order valence-corrected chi connectivity index (χ0v) is 15.4. The van der Waals surface area contributed by atoms with Crippen molar-refractivity contribution in [3.63, 3.8) is 0 Å². The first-order valence-electron chi connectivity index (χ1n) is 9.35. The minimum absolute atomic E-state index is 0.228. The van der Waals surface area contributed by atoms with Crippen molar-refractivity contribution in [2.24, 2.45) is 0 Å². The van der Waals surface area contributed by atoms with Crippen molar-refractivity contribution in [1.82, 2.24) is 0 Å². The lowest BCUT2D eigenvalue weighted by Crippen LogP contribution is -2.20. The van der Waals surface area contributed by atoms with Crippen LogP contribution in [0.15, 0.2) is 72.8 Å². The zero-order chi connectivity index (χ0) is 19.5. The average molecular weight is 375 g/mol. The second-order valence-electron chi connectivity index (χ2n) is 7.00. The number of carbonyl (C=O) groups is 1. The van der Waals surface area contributed by atoms with Crippen LogP contribution in [0.1, 0.15) is 16.8 Å². The van der Waals surface area contributed by atoms with Gasteiger partial charge in [-0.05, 0) is 53.9 Å². The number of hydrogen-bond donors (Lipinski definition) is 2. The maximum atomic E-state index is 13.4. The molecular formula is C23H22FN3O. The minimum Gasteiger partial charge on any atom is -0.397 e. The summed E-state index contributed by atoms with van der Waals surface area (Å²) in [5.74, 6) is -0.228. The highest BCUT2D eigenvalue weighted by Crippen LogP contribution is 2.28. The molecule has 3 aromatic carbocycles. The van der Waals surface area contributed by atoms with Gasteiger partial charge in [0, 0.05) is 24.3 Å². The summed E-state index contributed by atoms with van der Waals surface area (Å²) in [6.07, 6.45) is -0.220. The van der Waals surface area contributed by atoms with E-state index in [-0.39, 0.29) is 5.91 Å². The van der Waals surface area contributed by atoms with Gasteiger partial charge in [0.15, 0.2) is 0 Å². The number of nitrogens with zero attached hydrogens (tertiary/aromatic N) is 1. The maximum Gasteiger partial charge on any atom is 0.255 e. The second kappa shape index (κ2) is 7.72. The molecule has 0 aliphatic carbocycles. The van der Waals surface area contributed by atoms with Crippen molar-refractivity contribution in [2.75, 3.05) is 29.0 Å². The highest BCUT2D eigenvalue weighted by Gasteiger charge is 2.22. The highest BCUT2D eigenvalue weighted by atomic mass is 19.1. The molecular weight excluding hydrogens is 353 g/mol. The van der Waals surface area contributed by atoms with E-state index in [4.69, 9.17) is 5.73 Å². The Bertz CT molecular complexity index is 973. The van der Waals surface area contributed by atoms with Gasteiger partial charge in [0.1, 0.15) is 6.17 Å².